The number of hydrogen-bond donors (Lipinski definition) is 1. The third kappa shape index (κ3) is 4.62. The number of carboxylic acid groups (broad SMARTS) is 1. The number of fused-ring (bicyclic) bond motifs is 1. The zero-order valence-electron chi connectivity index (χ0n) is 20.3. The van der Waals surface area contributed by atoms with Gasteiger partial charge in [0.15, 0.2) is 4.80 Å². The first-order valence-corrected chi connectivity index (χ1v) is 12.9. The van der Waals surface area contributed by atoms with Gasteiger partial charge in [-0.2, -0.15) is 0 Å². The van der Waals surface area contributed by atoms with E-state index in [9.17, 15) is 19.5 Å². The molecule has 2 aromatic heterocycles. The molecule has 2 aromatic carbocycles. The minimum Gasteiger partial charge on any atom is -0.478 e. The van der Waals surface area contributed by atoms with Gasteiger partial charge in [0.25, 0.3) is 5.56 Å². The predicted molar refractivity (Wildman–Crippen MR) is 143 cm³/mol. The zero-order valence-corrected chi connectivity index (χ0v) is 21.9. The molecular weight excluding hydrogens is 528 g/mol. The van der Waals surface area contributed by atoms with Gasteiger partial charge in [-0.3, -0.25) is 9.36 Å². The van der Waals surface area contributed by atoms with Crippen LogP contribution < -0.4 is 14.9 Å². The SMILES string of the molecule is CCOC(=O)C1=C(C)N=c2sc(=Cc3ccc(-c4ccc(Cl)c(C(=O)O)c4)o3)c(=O)n2[C@H]1c1ccccc1. The molecule has 0 unspecified atom stereocenters. The maximum atomic E-state index is 13.7. The zero-order chi connectivity index (χ0) is 27.0. The molecule has 0 amide bonds. The molecule has 1 atom stereocenters. The number of benzene rings is 2. The predicted octanol–water partition coefficient (Wildman–Crippen LogP) is 4.41. The second kappa shape index (κ2) is 10.3. The summed E-state index contributed by atoms with van der Waals surface area (Å²) in [4.78, 5) is 43.0. The van der Waals surface area contributed by atoms with Crippen LogP contribution in [-0.2, 0) is 9.53 Å². The molecule has 0 saturated heterocycles. The summed E-state index contributed by atoms with van der Waals surface area (Å²) in [6.07, 6.45) is 1.60. The Morgan fingerprint density at radius 2 is 1.95 bits per heavy atom. The molecule has 1 N–H and O–H groups in total. The van der Waals surface area contributed by atoms with Crippen molar-refractivity contribution in [2.24, 2.45) is 4.99 Å². The maximum absolute atomic E-state index is 13.7. The van der Waals surface area contributed by atoms with Crippen molar-refractivity contribution in [3.8, 4) is 11.3 Å². The van der Waals surface area contributed by atoms with Gasteiger partial charge in [0.2, 0.25) is 0 Å². The van der Waals surface area contributed by atoms with E-state index in [1.807, 2.05) is 30.3 Å². The van der Waals surface area contributed by atoms with E-state index in [2.05, 4.69) is 4.99 Å². The molecule has 1 aliphatic rings. The number of carbonyl (C=O) groups excluding carboxylic acids is 1. The van der Waals surface area contributed by atoms with Crippen LogP contribution in [-0.4, -0.2) is 28.2 Å². The molecule has 0 bridgehead atoms. The summed E-state index contributed by atoms with van der Waals surface area (Å²) in [5, 5.41) is 9.48. The molecule has 0 fully saturated rings. The number of allylic oxidation sites excluding steroid dienone is 1. The Balaban J connectivity index is 1.61. The number of rotatable bonds is 6. The highest BCUT2D eigenvalue weighted by molar-refractivity contribution is 7.07. The van der Waals surface area contributed by atoms with Gasteiger partial charge in [0.1, 0.15) is 11.5 Å². The highest BCUT2D eigenvalue weighted by atomic mass is 35.5. The molecular formula is C28H21ClN2O6S. The summed E-state index contributed by atoms with van der Waals surface area (Å²) in [5.74, 6) is -0.841. The van der Waals surface area contributed by atoms with Crippen LogP contribution in [0.1, 0.15) is 41.6 Å². The number of ether oxygens (including phenoxy) is 1. The van der Waals surface area contributed by atoms with E-state index in [4.69, 9.17) is 20.8 Å². The highest BCUT2D eigenvalue weighted by Gasteiger charge is 2.33. The molecule has 8 nitrogen and oxygen atoms in total. The lowest BCUT2D eigenvalue weighted by Crippen LogP contribution is -2.39. The van der Waals surface area contributed by atoms with E-state index in [0.717, 1.165) is 5.56 Å². The Bertz CT molecular complexity index is 1780. The van der Waals surface area contributed by atoms with Crippen molar-refractivity contribution in [3.05, 3.63) is 114 Å². The van der Waals surface area contributed by atoms with Crippen molar-refractivity contribution in [1.29, 1.82) is 0 Å². The van der Waals surface area contributed by atoms with Gasteiger partial charge in [-0.15, -0.1) is 0 Å². The molecule has 0 radical (unpaired) electrons. The first-order chi connectivity index (χ1) is 18.3. The lowest BCUT2D eigenvalue weighted by Gasteiger charge is -2.24. The van der Waals surface area contributed by atoms with E-state index >= 15 is 0 Å². The third-order valence-electron chi connectivity index (χ3n) is 6.01. The first kappa shape index (κ1) is 25.4. The van der Waals surface area contributed by atoms with Gasteiger partial charge in [-0.1, -0.05) is 53.3 Å². The third-order valence-corrected chi connectivity index (χ3v) is 7.33. The number of aromatic carboxylic acids is 1. The van der Waals surface area contributed by atoms with E-state index in [1.54, 1.807) is 38.1 Å². The van der Waals surface area contributed by atoms with Crippen LogP contribution in [0.4, 0.5) is 0 Å². The Kier molecular flexibility index (Phi) is 6.88. The number of furan rings is 1. The second-order valence-corrected chi connectivity index (χ2v) is 9.83. The molecule has 5 rings (SSSR count). The molecule has 0 spiro atoms. The smallest absolute Gasteiger partial charge is 0.338 e. The normalized spacial score (nSPS) is 15.2. The van der Waals surface area contributed by atoms with Crippen LogP contribution >= 0.6 is 22.9 Å². The number of thiazole rings is 1. The number of nitrogens with zero attached hydrogens (tertiary/aromatic N) is 2. The quantitative estimate of drug-likeness (QED) is 0.357. The van der Waals surface area contributed by atoms with Crippen molar-refractivity contribution in [2.75, 3.05) is 6.61 Å². The van der Waals surface area contributed by atoms with Crippen molar-refractivity contribution in [1.82, 2.24) is 4.57 Å². The van der Waals surface area contributed by atoms with Gasteiger partial charge in [-0.25, -0.2) is 14.6 Å². The fourth-order valence-corrected chi connectivity index (χ4v) is 5.52. The lowest BCUT2D eigenvalue weighted by atomic mass is 9.96. The van der Waals surface area contributed by atoms with Crippen molar-refractivity contribution in [3.63, 3.8) is 0 Å². The van der Waals surface area contributed by atoms with E-state index < -0.39 is 18.0 Å². The first-order valence-electron chi connectivity index (χ1n) is 11.7. The second-order valence-electron chi connectivity index (χ2n) is 8.41. The number of halogens is 1. The van der Waals surface area contributed by atoms with Crippen LogP contribution in [0, 0.1) is 0 Å². The Hall–Kier alpha value is -4.21. The summed E-state index contributed by atoms with van der Waals surface area (Å²) in [5.41, 5.74) is 1.73. The lowest BCUT2D eigenvalue weighted by molar-refractivity contribution is -0.139. The summed E-state index contributed by atoms with van der Waals surface area (Å²) in [7, 11) is 0. The Morgan fingerprint density at radius 1 is 1.18 bits per heavy atom. The standard InChI is InChI=1S/C28H21ClN2O6S/c1-3-36-27(35)23-15(2)30-28-31(24(23)16-7-5-4-6-8-16)25(32)22(38-28)14-18-10-12-21(37-18)17-9-11-20(29)19(13-17)26(33)34/h4-14,24H,3H2,1-2H3,(H,33,34)/t24-/m0/s1. The van der Waals surface area contributed by atoms with Gasteiger partial charge >= 0.3 is 11.9 Å². The van der Waals surface area contributed by atoms with E-state index in [-0.39, 0.29) is 22.8 Å². The van der Waals surface area contributed by atoms with Gasteiger partial charge in [0, 0.05) is 11.6 Å². The number of esters is 1. The van der Waals surface area contributed by atoms with Gasteiger partial charge in [-0.05, 0) is 49.7 Å². The van der Waals surface area contributed by atoms with Crippen molar-refractivity contribution >= 4 is 41.0 Å². The molecule has 192 valence electrons. The van der Waals surface area contributed by atoms with Crippen LogP contribution in [0.15, 0.2) is 86.1 Å². The van der Waals surface area contributed by atoms with Gasteiger partial charge < -0.3 is 14.3 Å². The summed E-state index contributed by atoms with van der Waals surface area (Å²) < 4.78 is 13.1. The number of hydrogen-bond acceptors (Lipinski definition) is 7. The van der Waals surface area contributed by atoms with Gasteiger partial charge in [0.05, 0.1) is 39.0 Å². The molecule has 38 heavy (non-hydrogen) atoms. The topological polar surface area (TPSA) is 111 Å². The largest absolute Gasteiger partial charge is 0.478 e. The van der Waals surface area contributed by atoms with E-state index in [1.165, 1.54) is 28.0 Å². The Morgan fingerprint density at radius 3 is 2.66 bits per heavy atom. The minimum atomic E-state index is -1.14. The summed E-state index contributed by atoms with van der Waals surface area (Å²) in [6, 6.07) is 16.5. The molecule has 0 saturated carbocycles. The van der Waals surface area contributed by atoms with Crippen LogP contribution in [0.5, 0.6) is 0 Å². The average molecular weight is 549 g/mol. The summed E-state index contributed by atoms with van der Waals surface area (Å²) in [6.45, 7) is 3.66. The summed E-state index contributed by atoms with van der Waals surface area (Å²) >= 11 is 7.16. The fraction of sp³-hybridized carbons (Fsp3) is 0.143. The maximum Gasteiger partial charge on any atom is 0.338 e. The molecule has 10 heteroatoms. The fourth-order valence-electron chi connectivity index (χ4n) is 4.30. The number of carboxylic acids is 1. The van der Waals surface area contributed by atoms with Crippen LogP contribution in [0.2, 0.25) is 5.02 Å². The monoisotopic (exact) mass is 548 g/mol. The van der Waals surface area contributed by atoms with Crippen molar-refractivity contribution in [2.45, 2.75) is 19.9 Å². The molecule has 1 aliphatic heterocycles. The molecule has 0 aliphatic carbocycles. The van der Waals surface area contributed by atoms with Crippen molar-refractivity contribution < 1.29 is 23.8 Å². The average Bonchev–Trinajstić information content (AvgIpc) is 3.48. The van der Waals surface area contributed by atoms with E-state index in [0.29, 0.717) is 37.7 Å². The minimum absolute atomic E-state index is 0.0379. The Labute approximate surface area is 225 Å². The van der Waals surface area contributed by atoms with Crippen LogP contribution in [0.25, 0.3) is 17.4 Å². The van der Waals surface area contributed by atoms with Crippen LogP contribution in [0.3, 0.4) is 0 Å². The highest BCUT2D eigenvalue weighted by Crippen LogP contribution is 2.31. The molecule has 4 aromatic rings. The number of aromatic nitrogens is 1. The molecule has 3 heterocycles. The number of carbonyl (C=O) groups is 2.